The Morgan fingerprint density at radius 3 is 0.737 bits per heavy atom. The summed E-state index contributed by atoms with van der Waals surface area (Å²) in [4.78, 5) is 27.1. The summed E-state index contributed by atoms with van der Waals surface area (Å²) in [5.74, 6) is -28.1. The first kappa shape index (κ1) is 37.9. The molecule has 0 fully saturated rings. The maximum atomic E-state index is 14.6. The van der Waals surface area contributed by atoms with E-state index >= 15 is 0 Å². The molecule has 0 amide bonds. The first-order valence-corrected chi connectivity index (χ1v) is 9.91. The topological polar surface area (TPSA) is 52.6 Å². The van der Waals surface area contributed by atoms with Crippen LogP contribution in [0.2, 0.25) is 0 Å². The van der Waals surface area contributed by atoms with E-state index in [0.29, 0.717) is 0 Å². The number of carbonyl (C=O) groups excluding carboxylic acids is 2. The van der Waals surface area contributed by atoms with Crippen LogP contribution in [0, 0.1) is 0 Å². The van der Waals surface area contributed by atoms with Gasteiger partial charge in [0.1, 0.15) is 0 Å². The molecular weight excluding hydrogens is 725 g/mol. The van der Waals surface area contributed by atoms with Gasteiger partial charge in [0.15, 0.2) is 0 Å². The van der Waals surface area contributed by atoms with Gasteiger partial charge in [0.2, 0.25) is 0 Å². The number of hydrogen-bond donors (Lipinski definition) is 0. The first-order valence-electron chi connectivity index (χ1n) is 7.64. The van der Waals surface area contributed by atoms with Crippen LogP contribution < -0.4 is 0 Å². The highest BCUT2D eigenvalue weighted by Gasteiger charge is 2.88. The number of hydrogen-bond acceptors (Lipinski definition) is 4. The standard InChI is InChI=1S/C12Cl6F16O4/c13-1(35)3(19,5(15,21)9(25,26)7(17,23)11(29,30)31)37-38-4(20,2(14)36)6(16,22)10(27,28)8(18,24)12(32,33)34. The molecule has 0 saturated carbocycles. The minimum atomic E-state index is -7.41. The van der Waals surface area contributed by atoms with Crippen molar-refractivity contribution in [1.29, 1.82) is 0 Å². The second kappa shape index (κ2) is 10.3. The smallest absolute Gasteiger partial charge is 0.274 e. The van der Waals surface area contributed by atoms with Gasteiger partial charge in [-0.05, 0) is 23.2 Å². The van der Waals surface area contributed by atoms with Crippen molar-refractivity contribution in [3.05, 3.63) is 0 Å². The van der Waals surface area contributed by atoms with E-state index < -0.39 is 66.9 Å². The van der Waals surface area contributed by atoms with Gasteiger partial charge in [-0.3, -0.25) is 9.59 Å². The van der Waals surface area contributed by atoms with Crippen molar-refractivity contribution < 1.29 is 89.6 Å². The largest absolute Gasteiger partial charge is 0.443 e. The number of rotatable bonds is 11. The lowest BCUT2D eigenvalue weighted by Gasteiger charge is -2.42. The van der Waals surface area contributed by atoms with Crippen molar-refractivity contribution in [3.8, 4) is 0 Å². The fourth-order valence-electron chi connectivity index (χ4n) is 1.69. The van der Waals surface area contributed by atoms with E-state index in [9.17, 15) is 79.8 Å². The van der Waals surface area contributed by atoms with Crippen LogP contribution in [-0.2, 0) is 19.4 Å². The molecule has 0 radical (unpaired) electrons. The van der Waals surface area contributed by atoms with Crippen LogP contribution in [-0.4, -0.2) is 66.9 Å². The molecule has 0 bridgehead atoms. The molecule has 0 heterocycles. The lowest BCUT2D eigenvalue weighted by Crippen LogP contribution is -2.71. The summed E-state index contributed by atoms with van der Waals surface area (Å²) in [6.45, 7) is 0. The molecule has 4 nitrogen and oxygen atoms in total. The molecular formula is C12Cl6F16O4. The third-order valence-corrected chi connectivity index (χ3v) is 6.22. The molecule has 0 saturated heterocycles. The molecule has 0 N–H and O–H groups in total. The van der Waals surface area contributed by atoms with Crippen molar-refractivity contribution in [1.82, 2.24) is 0 Å². The molecule has 0 aromatic carbocycles. The zero-order chi connectivity index (χ0) is 31.6. The fraction of sp³-hybridized carbons (Fsp3) is 0.833. The van der Waals surface area contributed by atoms with E-state index in [4.69, 9.17) is 0 Å². The summed E-state index contributed by atoms with van der Waals surface area (Å²) in [7, 11) is 0. The van der Waals surface area contributed by atoms with E-state index in [1.807, 2.05) is 0 Å². The molecule has 0 aliphatic carbocycles. The molecule has 26 heteroatoms. The molecule has 0 spiro atoms. The molecule has 6 atom stereocenters. The Balaban J connectivity index is 7.01. The SMILES string of the molecule is O=C(Cl)C(F)(OOC(F)(C(=O)Cl)C(F)(Cl)C(F)(F)C(F)(Cl)C(F)(F)F)C(F)(Cl)C(F)(F)C(F)(Cl)C(F)(F)F. The summed E-state index contributed by atoms with van der Waals surface area (Å²) in [6, 6.07) is 0. The second-order valence-corrected chi connectivity index (χ2v) is 9.12. The summed E-state index contributed by atoms with van der Waals surface area (Å²) < 4.78 is 216. The van der Waals surface area contributed by atoms with Gasteiger partial charge in [0.25, 0.3) is 10.5 Å². The van der Waals surface area contributed by atoms with Gasteiger partial charge in [-0.2, -0.15) is 62.5 Å². The Labute approximate surface area is 226 Å². The fourth-order valence-corrected chi connectivity index (χ4v) is 2.96. The van der Waals surface area contributed by atoms with Crippen LogP contribution >= 0.6 is 69.6 Å². The normalized spacial score (nSPS) is 23.6. The van der Waals surface area contributed by atoms with Crippen molar-refractivity contribution in [2.45, 2.75) is 56.4 Å². The zero-order valence-corrected chi connectivity index (χ0v) is 20.5. The third-order valence-electron chi connectivity index (χ3n) is 3.87. The Morgan fingerprint density at radius 2 is 0.605 bits per heavy atom. The van der Waals surface area contributed by atoms with Crippen molar-refractivity contribution in [2.24, 2.45) is 0 Å². The molecule has 0 rings (SSSR count). The van der Waals surface area contributed by atoms with E-state index in [1.165, 1.54) is 0 Å². The predicted octanol–water partition coefficient (Wildman–Crippen LogP) is 7.81. The second-order valence-electron chi connectivity index (χ2n) is 6.35. The first-order chi connectivity index (χ1) is 16.1. The van der Waals surface area contributed by atoms with Gasteiger partial charge in [0, 0.05) is 0 Å². The lowest BCUT2D eigenvalue weighted by molar-refractivity contribution is -0.482. The monoisotopic (exact) mass is 722 g/mol. The van der Waals surface area contributed by atoms with Crippen LogP contribution in [0.15, 0.2) is 0 Å². The minimum Gasteiger partial charge on any atom is -0.274 e. The van der Waals surface area contributed by atoms with Crippen LogP contribution in [0.3, 0.4) is 0 Å². The van der Waals surface area contributed by atoms with E-state index in [0.717, 1.165) is 0 Å². The maximum absolute atomic E-state index is 14.6. The van der Waals surface area contributed by atoms with Gasteiger partial charge in [-0.15, -0.1) is 0 Å². The maximum Gasteiger partial charge on any atom is 0.443 e. The average molecular weight is 725 g/mol. The van der Waals surface area contributed by atoms with Crippen LogP contribution in [0.25, 0.3) is 0 Å². The van der Waals surface area contributed by atoms with Crippen molar-refractivity contribution >= 4 is 80.1 Å². The summed E-state index contributed by atoms with van der Waals surface area (Å²) >= 11 is 24.2. The number of alkyl halides is 20. The molecule has 226 valence electrons. The van der Waals surface area contributed by atoms with E-state index in [1.54, 1.807) is 0 Å². The van der Waals surface area contributed by atoms with Gasteiger partial charge in [-0.25, -0.2) is 17.6 Å². The summed E-state index contributed by atoms with van der Waals surface area (Å²) in [6.07, 6.45) is -14.3. The Kier molecular flexibility index (Phi) is 10.3. The molecule has 0 aliphatic rings. The van der Waals surface area contributed by atoms with E-state index in [2.05, 4.69) is 79.4 Å². The minimum absolute atomic E-state index is 2.44. The third kappa shape index (κ3) is 5.29. The number of carbonyl (C=O) groups is 2. The highest BCUT2D eigenvalue weighted by molar-refractivity contribution is 6.66. The van der Waals surface area contributed by atoms with Crippen molar-refractivity contribution in [3.63, 3.8) is 0 Å². The zero-order valence-electron chi connectivity index (χ0n) is 15.9. The number of halogens is 22. The van der Waals surface area contributed by atoms with E-state index in [-0.39, 0.29) is 0 Å². The Bertz CT molecular complexity index is 863. The van der Waals surface area contributed by atoms with Crippen LogP contribution in [0.1, 0.15) is 0 Å². The highest BCUT2D eigenvalue weighted by atomic mass is 35.5. The van der Waals surface area contributed by atoms with Gasteiger partial charge >= 0.3 is 56.4 Å². The molecule has 0 aromatic heterocycles. The molecule has 6 unspecified atom stereocenters. The van der Waals surface area contributed by atoms with Gasteiger partial charge in [0.05, 0.1) is 0 Å². The van der Waals surface area contributed by atoms with Gasteiger partial charge in [-0.1, -0.05) is 46.4 Å². The average Bonchev–Trinajstić information content (AvgIpc) is 2.68. The molecule has 0 aliphatic heterocycles. The summed E-state index contributed by atoms with van der Waals surface area (Å²) in [5, 5.41) is -35.0. The van der Waals surface area contributed by atoms with Crippen LogP contribution in [0.5, 0.6) is 0 Å². The Morgan fingerprint density at radius 1 is 0.421 bits per heavy atom. The predicted molar refractivity (Wildman–Crippen MR) is 92.3 cm³/mol. The summed E-state index contributed by atoms with van der Waals surface area (Å²) in [5.41, 5.74) is 0. The Hall–Kier alpha value is -0.120. The van der Waals surface area contributed by atoms with Crippen molar-refractivity contribution in [2.75, 3.05) is 0 Å². The quantitative estimate of drug-likeness (QED) is 0.0718. The molecule has 38 heavy (non-hydrogen) atoms. The highest BCUT2D eigenvalue weighted by Crippen LogP contribution is 2.62. The van der Waals surface area contributed by atoms with Crippen LogP contribution in [0.4, 0.5) is 70.2 Å². The lowest BCUT2D eigenvalue weighted by atomic mass is 10.0. The molecule has 0 aromatic rings. The van der Waals surface area contributed by atoms with Gasteiger partial charge < -0.3 is 0 Å².